The van der Waals surface area contributed by atoms with Gasteiger partial charge in [0.05, 0.1) is 0 Å². The number of hydrogen-bond acceptors (Lipinski definition) is 12. The Kier molecular flexibility index (Phi) is 27.6. The fourth-order valence-corrected chi connectivity index (χ4v) is 4.17. The summed E-state index contributed by atoms with van der Waals surface area (Å²) in [5.74, 6) is -4.52. The van der Waals surface area contributed by atoms with Crippen LogP contribution in [0.4, 0.5) is 0 Å². The summed E-state index contributed by atoms with van der Waals surface area (Å²) in [6.07, 6.45) is 1.03. The zero-order chi connectivity index (χ0) is 36.6. The van der Waals surface area contributed by atoms with Crippen LogP contribution in [-0.2, 0) is 28.7 Å². The SMILES string of the molecule is NC=O.SS.[B]=C(O)CC(NC(C)C)C(=O)NC(CCCCN)C(CC(=[B])O)C(=O)NC(CC(C)(C)COC(=O)C(C)C)C(=O)O. The summed E-state index contributed by atoms with van der Waals surface area (Å²) in [4.78, 5) is 59.3. The van der Waals surface area contributed by atoms with E-state index >= 15 is 0 Å². The number of esters is 1. The first-order chi connectivity index (χ1) is 21.3. The molecule has 3 amide bonds. The summed E-state index contributed by atoms with van der Waals surface area (Å²) in [7, 11) is 11.0. The van der Waals surface area contributed by atoms with Crippen LogP contribution in [0.15, 0.2) is 0 Å². The van der Waals surface area contributed by atoms with Gasteiger partial charge in [-0.05, 0) is 0 Å². The van der Waals surface area contributed by atoms with E-state index in [1.807, 2.05) is 13.8 Å². The van der Waals surface area contributed by atoms with Crippen LogP contribution in [0.3, 0.4) is 0 Å². The van der Waals surface area contributed by atoms with Crippen molar-refractivity contribution in [2.24, 2.45) is 28.7 Å². The van der Waals surface area contributed by atoms with Crippen molar-refractivity contribution in [3.8, 4) is 0 Å². The number of unbranched alkanes of at least 4 members (excludes halogenated alkanes) is 1. The summed E-state index contributed by atoms with van der Waals surface area (Å²) in [6, 6.07) is -3.29. The van der Waals surface area contributed by atoms with E-state index in [0.29, 0.717) is 19.4 Å². The van der Waals surface area contributed by atoms with Crippen molar-refractivity contribution in [2.45, 2.75) is 104 Å². The van der Waals surface area contributed by atoms with Crippen molar-refractivity contribution in [2.75, 3.05) is 13.2 Å². The monoisotopic (exact) mass is 689 g/mol. The molecule has 0 heterocycles. The van der Waals surface area contributed by atoms with Gasteiger partial charge in [-0.15, -0.1) is 23.3 Å². The molecule has 0 aromatic rings. The molecule has 0 aromatic heterocycles. The molecule has 14 nitrogen and oxygen atoms in total. The molecule has 10 N–H and O–H groups in total. The van der Waals surface area contributed by atoms with E-state index < -0.39 is 64.5 Å². The van der Waals surface area contributed by atoms with Crippen LogP contribution in [0.2, 0.25) is 0 Å². The number of primary amides is 1. The number of nitrogens with two attached hydrogens (primary N) is 2. The molecule has 0 aliphatic rings. The number of carboxylic acid groups (broad SMARTS) is 1. The van der Waals surface area contributed by atoms with Gasteiger partial charge in [-0.1, -0.05) is 13.8 Å². The Morgan fingerprint density at radius 1 is 0.913 bits per heavy atom. The van der Waals surface area contributed by atoms with Crippen LogP contribution in [0.5, 0.6) is 0 Å². The van der Waals surface area contributed by atoms with Crippen molar-refractivity contribution in [1.82, 2.24) is 16.0 Å². The van der Waals surface area contributed by atoms with Gasteiger partial charge >= 0.3 is 232 Å². The summed E-state index contributed by atoms with van der Waals surface area (Å²) >= 11 is 6.44. The maximum atomic E-state index is 13.5. The number of nitrogens with one attached hydrogen (secondary N) is 3. The van der Waals surface area contributed by atoms with Crippen LogP contribution in [-0.4, -0.2) is 109 Å². The van der Waals surface area contributed by atoms with E-state index in [1.165, 1.54) is 0 Å². The normalized spacial score (nSPS) is 13.3. The van der Waals surface area contributed by atoms with Crippen molar-refractivity contribution in [1.29, 1.82) is 0 Å². The first kappa shape index (κ1) is 47.8. The van der Waals surface area contributed by atoms with Gasteiger partial charge in [-0.3, -0.25) is 4.79 Å². The van der Waals surface area contributed by atoms with Gasteiger partial charge in [-0.2, -0.15) is 0 Å². The van der Waals surface area contributed by atoms with Crippen molar-refractivity contribution >= 4 is 79.8 Å². The molecule has 0 rings (SSSR count). The van der Waals surface area contributed by atoms with Gasteiger partial charge < -0.3 is 5.73 Å². The van der Waals surface area contributed by atoms with Crippen molar-refractivity contribution in [3.05, 3.63) is 0 Å². The molecule has 0 saturated heterocycles. The number of aliphatic hydroxyl groups is 2. The van der Waals surface area contributed by atoms with E-state index in [9.17, 15) is 34.5 Å². The number of rotatable bonds is 21. The van der Waals surface area contributed by atoms with Crippen LogP contribution in [0.1, 0.15) is 80.1 Å². The molecular formula is C28H53B2N5O9S2. The number of aliphatic carboxylic acids is 1. The van der Waals surface area contributed by atoms with Crippen molar-refractivity contribution < 1.29 is 44.0 Å². The Morgan fingerprint density at radius 2 is 1.43 bits per heavy atom. The van der Waals surface area contributed by atoms with E-state index in [4.69, 9.17) is 30.2 Å². The van der Waals surface area contributed by atoms with E-state index in [-0.39, 0.29) is 50.7 Å². The zero-order valence-corrected chi connectivity index (χ0v) is 29.5. The Hall–Kier alpha value is -2.56. The van der Waals surface area contributed by atoms with Crippen LogP contribution < -0.4 is 27.4 Å². The van der Waals surface area contributed by atoms with E-state index in [0.717, 1.165) is 0 Å². The number of thiol groups is 2. The molecule has 0 bridgehead atoms. The molecule has 0 aliphatic heterocycles. The average Bonchev–Trinajstić information content (AvgIpc) is 2.94. The first-order valence-electron chi connectivity index (χ1n) is 14.7. The first-order valence-corrected chi connectivity index (χ1v) is 16.3. The Balaban J connectivity index is -0.00000347. The molecule has 0 aromatic carbocycles. The average molecular weight is 690 g/mol. The quantitative estimate of drug-likeness (QED) is 0.0188. The molecule has 262 valence electrons. The summed E-state index contributed by atoms with van der Waals surface area (Å²) < 4.78 is 5.28. The number of amides is 3. The van der Waals surface area contributed by atoms with Gasteiger partial charge in [0.2, 0.25) is 6.41 Å². The number of aliphatic hydroxyl groups excluding tert-OH is 2. The Morgan fingerprint density at radius 3 is 1.85 bits per heavy atom. The third-order valence-corrected chi connectivity index (χ3v) is 6.26. The minimum atomic E-state index is -1.36. The third kappa shape index (κ3) is 23.7. The molecule has 2 radical (unpaired) electrons. The predicted octanol–water partition coefficient (Wildman–Crippen LogP) is -0.248. The van der Waals surface area contributed by atoms with Crippen LogP contribution >= 0.6 is 23.3 Å². The van der Waals surface area contributed by atoms with Gasteiger partial charge in [-0.25, -0.2) is 0 Å². The Labute approximate surface area is 285 Å². The minimum absolute atomic E-state index is 0.0581. The van der Waals surface area contributed by atoms with Gasteiger partial charge in [0, 0.05) is 0 Å². The summed E-state index contributed by atoms with van der Waals surface area (Å²) in [5.41, 5.74) is 7.97. The predicted molar refractivity (Wildman–Crippen MR) is 187 cm³/mol. The maximum absolute atomic E-state index is 13.5. The number of carbonyl (C=O) groups is 5. The number of carbonyl (C=O) groups excluding carboxylic acids is 4. The molecule has 18 heteroatoms. The van der Waals surface area contributed by atoms with Gasteiger partial charge in [0.25, 0.3) is 0 Å². The molecule has 0 spiro atoms. The van der Waals surface area contributed by atoms with Gasteiger partial charge in [0.1, 0.15) is 0 Å². The molecule has 0 fully saturated rings. The number of ether oxygens (including phenoxy) is 1. The van der Waals surface area contributed by atoms with E-state index in [2.05, 4.69) is 45.0 Å². The molecule has 4 atom stereocenters. The number of carboxylic acids is 1. The fourth-order valence-electron chi connectivity index (χ4n) is 4.17. The zero-order valence-electron chi connectivity index (χ0n) is 27.7. The standard InChI is InChI=1S/C27H48B2N4O8.CH3NO.H2S2/c1-15(2)26(40)41-14-27(5,6)13-20(25(38)39)33-23(36)17(11-21(28)34)18(9-7-8-10-30)32-24(37)19(12-22(29)35)31-16(3)4;2-1-3;1-2/h15-20,31,34-35H,7-14,30H2,1-6H3,(H,32,37)(H,33,36)(H,38,39);1H,(H2,2,3);1-2H. The van der Waals surface area contributed by atoms with Crippen LogP contribution in [0, 0.1) is 17.3 Å². The second-order valence-electron chi connectivity index (χ2n) is 11.9. The molecular weight excluding hydrogens is 636 g/mol. The second-order valence-corrected chi connectivity index (χ2v) is 11.9. The summed E-state index contributed by atoms with van der Waals surface area (Å²) in [5, 5.41) is 37.7. The third-order valence-electron chi connectivity index (χ3n) is 6.26. The summed E-state index contributed by atoms with van der Waals surface area (Å²) in [6.45, 7) is 10.7. The van der Waals surface area contributed by atoms with Crippen molar-refractivity contribution in [3.63, 3.8) is 0 Å². The number of hydrogen-bond donors (Lipinski definition) is 10. The van der Waals surface area contributed by atoms with E-state index in [1.54, 1.807) is 27.7 Å². The fraction of sp³-hybridized carbons (Fsp3) is 0.750. The molecule has 0 saturated carbocycles. The molecule has 0 aliphatic carbocycles. The Bertz CT molecular complexity index is 976. The molecule has 46 heavy (non-hydrogen) atoms. The topological polar surface area (TPSA) is 243 Å². The van der Waals surface area contributed by atoms with Gasteiger partial charge in [0.15, 0.2) is 0 Å². The van der Waals surface area contributed by atoms with Crippen LogP contribution in [0.25, 0.3) is 0 Å². The second kappa shape index (κ2) is 26.5. The molecule has 4 unspecified atom stereocenters.